The van der Waals surface area contributed by atoms with E-state index in [1.807, 2.05) is 42.2 Å². The van der Waals surface area contributed by atoms with Gasteiger partial charge >= 0.3 is 0 Å². The van der Waals surface area contributed by atoms with Crippen LogP contribution in [0.25, 0.3) is 0 Å². The Kier molecular flexibility index (Phi) is 6.37. The maximum absolute atomic E-state index is 12.7. The molecule has 1 N–H and O–H groups in total. The molecule has 2 unspecified atom stereocenters. The Morgan fingerprint density at radius 1 is 1.22 bits per heavy atom. The molecule has 2 aromatic rings. The predicted molar refractivity (Wildman–Crippen MR) is 109 cm³/mol. The van der Waals surface area contributed by atoms with Gasteiger partial charge in [-0.3, -0.25) is 9.59 Å². The Morgan fingerprint density at radius 2 is 1.89 bits per heavy atom. The lowest BCUT2D eigenvalue weighted by Gasteiger charge is -2.39. The van der Waals surface area contributed by atoms with Crippen LogP contribution in [0.2, 0.25) is 0 Å². The van der Waals surface area contributed by atoms with E-state index in [9.17, 15) is 9.59 Å². The summed E-state index contributed by atoms with van der Waals surface area (Å²) < 4.78 is 0. The van der Waals surface area contributed by atoms with Gasteiger partial charge in [0.05, 0.1) is 5.75 Å². The summed E-state index contributed by atoms with van der Waals surface area (Å²) in [7, 11) is 0. The molecule has 1 aliphatic rings. The van der Waals surface area contributed by atoms with Crippen molar-refractivity contribution in [3.8, 4) is 0 Å². The quantitative estimate of drug-likeness (QED) is 0.631. The van der Waals surface area contributed by atoms with E-state index in [0.29, 0.717) is 22.9 Å². The van der Waals surface area contributed by atoms with Crippen LogP contribution in [0.1, 0.15) is 49.9 Å². The van der Waals surface area contributed by atoms with E-state index >= 15 is 0 Å². The van der Waals surface area contributed by atoms with Gasteiger partial charge in [0, 0.05) is 29.8 Å². The molecule has 144 valence electrons. The summed E-state index contributed by atoms with van der Waals surface area (Å²) in [5.41, 5.74) is 2.35. The number of piperidine rings is 1. The van der Waals surface area contributed by atoms with Crippen molar-refractivity contribution < 1.29 is 4.79 Å². The number of nitrogens with one attached hydrogen (secondary N) is 1. The van der Waals surface area contributed by atoms with Crippen molar-refractivity contribution in [2.24, 2.45) is 0 Å². The fraction of sp³-hybridized carbons (Fsp3) is 0.476. The summed E-state index contributed by atoms with van der Waals surface area (Å²) in [6.45, 7) is 6.08. The van der Waals surface area contributed by atoms with Crippen molar-refractivity contribution in [2.45, 2.75) is 63.7 Å². The Balaban J connectivity index is 1.67. The third-order valence-electron chi connectivity index (χ3n) is 5.24. The van der Waals surface area contributed by atoms with Crippen LogP contribution in [0.15, 0.2) is 40.3 Å². The fourth-order valence-electron chi connectivity index (χ4n) is 3.78. The minimum absolute atomic E-state index is 0.119. The summed E-state index contributed by atoms with van der Waals surface area (Å²) in [5, 5.41) is 0.514. The van der Waals surface area contributed by atoms with Crippen molar-refractivity contribution in [3.05, 3.63) is 57.5 Å². The average Bonchev–Trinajstić information content (AvgIpc) is 2.64. The van der Waals surface area contributed by atoms with E-state index < -0.39 is 0 Å². The number of carbonyl (C=O) groups is 1. The number of amides is 1. The van der Waals surface area contributed by atoms with Crippen LogP contribution in [-0.4, -0.2) is 38.6 Å². The zero-order valence-electron chi connectivity index (χ0n) is 16.2. The number of hydrogen-bond donors (Lipinski definition) is 1. The smallest absolute Gasteiger partial charge is 0.255 e. The summed E-state index contributed by atoms with van der Waals surface area (Å²) in [6.07, 6.45) is 3.85. The Labute approximate surface area is 164 Å². The summed E-state index contributed by atoms with van der Waals surface area (Å²) in [5.74, 6) is 0.420. The molecule has 0 spiro atoms. The molecule has 1 aliphatic heterocycles. The fourth-order valence-corrected chi connectivity index (χ4v) is 4.55. The van der Waals surface area contributed by atoms with Gasteiger partial charge in [0.1, 0.15) is 0 Å². The van der Waals surface area contributed by atoms with Gasteiger partial charge in [-0.1, -0.05) is 42.1 Å². The van der Waals surface area contributed by atoms with Gasteiger partial charge in [-0.2, -0.15) is 0 Å². The largest absolute Gasteiger partial charge is 0.337 e. The van der Waals surface area contributed by atoms with Gasteiger partial charge in [-0.15, -0.1) is 0 Å². The molecule has 1 fully saturated rings. The molecule has 0 aliphatic carbocycles. The number of benzene rings is 1. The molecule has 3 rings (SSSR count). The lowest BCUT2D eigenvalue weighted by atomic mass is 9.98. The molecule has 0 bridgehead atoms. The van der Waals surface area contributed by atoms with Gasteiger partial charge in [0.25, 0.3) is 5.56 Å². The van der Waals surface area contributed by atoms with E-state index in [-0.39, 0.29) is 23.6 Å². The van der Waals surface area contributed by atoms with Crippen molar-refractivity contribution in [1.82, 2.24) is 14.9 Å². The summed E-state index contributed by atoms with van der Waals surface area (Å²) >= 11 is 1.31. The lowest BCUT2D eigenvalue weighted by molar-refractivity contribution is -0.134. The van der Waals surface area contributed by atoms with E-state index in [1.165, 1.54) is 18.2 Å². The Hall–Kier alpha value is -2.08. The van der Waals surface area contributed by atoms with Crippen molar-refractivity contribution in [2.75, 3.05) is 5.75 Å². The number of carbonyl (C=O) groups excluding carboxylic acids is 1. The topological polar surface area (TPSA) is 66.1 Å². The maximum atomic E-state index is 12.7. The minimum Gasteiger partial charge on any atom is -0.337 e. The molecule has 0 saturated carbocycles. The van der Waals surface area contributed by atoms with E-state index in [4.69, 9.17) is 0 Å². The van der Waals surface area contributed by atoms with Crippen LogP contribution in [-0.2, 0) is 11.2 Å². The minimum atomic E-state index is -0.124. The number of nitrogens with zero attached hydrogens (tertiary/aromatic N) is 2. The number of aromatic amines is 1. The normalized spacial score (nSPS) is 19.9. The van der Waals surface area contributed by atoms with Crippen LogP contribution in [0.3, 0.4) is 0 Å². The lowest BCUT2D eigenvalue weighted by Crippen LogP contribution is -2.48. The molecule has 1 aromatic heterocycles. The highest BCUT2D eigenvalue weighted by molar-refractivity contribution is 7.99. The second kappa shape index (κ2) is 8.74. The molecule has 1 saturated heterocycles. The summed E-state index contributed by atoms with van der Waals surface area (Å²) in [4.78, 5) is 34.5. The van der Waals surface area contributed by atoms with E-state index in [2.05, 4.69) is 23.8 Å². The average molecular weight is 386 g/mol. The number of H-pyrrole nitrogens is 1. The molecule has 0 radical (unpaired) electrons. The molecular formula is C21H27N3O2S. The number of thioether (sulfide) groups is 1. The first kappa shape index (κ1) is 19.7. The number of hydrogen-bond acceptors (Lipinski definition) is 4. The second-order valence-corrected chi connectivity index (χ2v) is 8.28. The monoisotopic (exact) mass is 385 g/mol. The van der Waals surface area contributed by atoms with Gasteiger partial charge in [0.15, 0.2) is 5.16 Å². The van der Waals surface area contributed by atoms with E-state index in [0.717, 1.165) is 24.1 Å². The highest BCUT2D eigenvalue weighted by Gasteiger charge is 2.28. The second-order valence-electron chi connectivity index (χ2n) is 7.32. The van der Waals surface area contributed by atoms with Gasteiger partial charge in [-0.05, 0) is 45.6 Å². The maximum Gasteiger partial charge on any atom is 0.255 e. The molecule has 27 heavy (non-hydrogen) atoms. The van der Waals surface area contributed by atoms with Crippen LogP contribution < -0.4 is 5.56 Å². The zero-order chi connectivity index (χ0) is 19.4. The molecule has 6 heteroatoms. The van der Waals surface area contributed by atoms with Gasteiger partial charge < -0.3 is 9.88 Å². The molecule has 1 aromatic carbocycles. The van der Waals surface area contributed by atoms with Crippen molar-refractivity contribution in [1.29, 1.82) is 0 Å². The van der Waals surface area contributed by atoms with E-state index in [1.54, 1.807) is 0 Å². The Bertz CT molecular complexity index is 840. The van der Waals surface area contributed by atoms with Crippen LogP contribution >= 0.6 is 11.8 Å². The molecule has 1 amide bonds. The highest BCUT2D eigenvalue weighted by atomic mass is 32.2. The number of aryl methyl sites for hydroxylation is 1. The van der Waals surface area contributed by atoms with Crippen LogP contribution in [0.4, 0.5) is 0 Å². The van der Waals surface area contributed by atoms with Crippen LogP contribution in [0.5, 0.6) is 0 Å². The SMILES string of the molecule is Cc1nc(SCC(=O)N2C(C)CCCC2C)[nH]c(=O)c1Cc1ccccc1. The molecular weight excluding hydrogens is 358 g/mol. The number of rotatable bonds is 5. The standard InChI is InChI=1S/C21H27N3O2S/c1-14-8-7-9-15(2)24(14)19(25)13-27-21-22-16(3)18(20(26)23-21)12-17-10-5-4-6-11-17/h4-6,10-11,14-15H,7-9,12-13H2,1-3H3,(H,22,23,26). The Morgan fingerprint density at radius 3 is 2.52 bits per heavy atom. The van der Waals surface area contributed by atoms with Gasteiger partial charge in [0.2, 0.25) is 5.91 Å². The van der Waals surface area contributed by atoms with Crippen LogP contribution in [0, 0.1) is 6.92 Å². The molecule has 5 nitrogen and oxygen atoms in total. The molecule has 2 atom stereocenters. The third kappa shape index (κ3) is 4.80. The first-order chi connectivity index (χ1) is 13.0. The summed E-state index contributed by atoms with van der Waals surface area (Å²) in [6, 6.07) is 10.4. The number of likely N-dealkylation sites (tertiary alicyclic amines) is 1. The zero-order valence-corrected chi connectivity index (χ0v) is 17.0. The molecule has 2 heterocycles. The highest BCUT2D eigenvalue weighted by Crippen LogP contribution is 2.24. The van der Waals surface area contributed by atoms with Crippen molar-refractivity contribution >= 4 is 17.7 Å². The predicted octanol–water partition coefficient (Wildman–Crippen LogP) is 3.55. The first-order valence-corrected chi connectivity index (χ1v) is 10.5. The first-order valence-electron chi connectivity index (χ1n) is 9.53. The number of aromatic nitrogens is 2. The van der Waals surface area contributed by atoms with Gasteiger partial charge in [-0.25, -0.2) is 4.98 Å². The third-order valence-corrected chi connectivity index (χ3v) is 6.10. The van der Waals surface area contributed by atoms with Crippen molar-refractivity contribution in [3.63, 3.8) is 0 Å².